The van der Waals surface area contributed by atoms with E-state index in [9.17, 15) is 17.6 Å². The van der Waals surface area contributed by atoms with Gasteiger partial charge in [-0.2, -0.15) is 0 Å². The smallest absolute Gasteiger partial charge is 0.210 e. The third-order valence-electron chi connectivity index (χ3n) is 4.05. The van der Waals surface area contributed by atoms with Crippen molar-refractivity contribution < 1.29 is 22.3 Å². The minimum atomic E-state index is -3.33. The molecule has 130 valence electrons. The summed E-state index contributed by atoms with van der Waals surface area (Å²) in [5.41, 5.74) is -0.275. The molecular weight excluding hydrogens is 343 g/mol. The van der Waals surface area contributed by atoms with Crippen molar-refractivity contribution in [3.8, 4) is 0 Å². The Labute approximate surface area is 145 Å². The average molecular weight is 360 g/mol. The molecule has 6 heteroatoms. The number of ether oxygens (including phenoxy) is 1. The summed E-state index contributed by atoms with van der Waals surface area (Å²) < 4.78 is 43.3. The topological polar surface area (TPSA) is 60.4 Å². The maximum atomic E-state index is 14.3. The van der Waals surface area contributed by atoms with Crippen molar-refractivity contribution in [1.29, 1.82) is 0 Å². The van der Waals surface area contributed by atoms with E-state index in [-0.39, 0.29) is 27.6 Å². The Morgan fingerprint density at radius 3 is 2.16 bits per heavy atom. The van der Waals surface area contributed by atoms with Crippen LogP contribution in [0.3, 0.4) is 0 Å². The van der Waals surface area contributed by atoms with Crippen LogP contribution in [0, 0.1) is 5.82 Å². The Bertz CT molecular complexity index is 986. The van der Waals surface area contributed by atoms with Gasteiger partial charge in [-0.3, -0.25) is 4.79 Å². The van der Waals surface area contributed by atoms with Crippen molar-refractivity contribution in [2.24, 2.45) is 0 Å². The van der Waals surface area contributed by atoms with Gasteiger partial charge in [0.15, 0.2) is 15.4 Å². The van der Waals surface area contributed by atoms with Gasteiger partial charge in [0, 0.05) is 17.4 Å². The molecule has 2 aromatic carbocycles. The molecule has 0 radical (unpaired) electrons. The molecule has 0 aliphatic carbocycles. The second-order valence-electron chi connectivity index (χ2n) is 6.42. The quantitative estimate of drug-likeness (QED) is 0.841. The molecule has 1 aliphatic heterocycles. The molecular formula is C19H17FO4S. The van der Waals surface area contributed by atoms with Gasteiger partial charge in [0.2, 0.25) is 5.78 Å². The Kier molecular flexibility index (Phi) is 4.03. The van der Waals surface area contributed by atoms with Crippen LogP contribution in [0.15, 0.2) is 53.4 Å². The molecule has 0 fully saturated rings. The number of hydrogen-bond donors (Lipinski definition) is 0. The standard InChI is InChI=1S/C19H17FO4S/c1-19(2)18(21)16(14-6-4-5-7-15(14)20)17(24-19)12-8-10-13(11-9-12)25(3,22)23/h4-11H,1-3H3. The molecule has 25 heavy (non-hydrogen) atoms. The Morgan fingerprint density at radius 1 is 1.00 bits per heavy atom. The van der Waals surface area contributed by atoms with Crippen LogP contribution >= 0.6 is 0 Å². The van der Waals surface area contributed by atoms with Gasteiger partial charge in [0.25, 0.3) is 0 Å². The summed E-state index contributed by atoms with van der Waals surface area (Å²) in [5.74, 6) is -0.586. The van der Waals surface area contributed by atoms with Gasteiger partial charge in [-0.1, -0.05) is 18.2 Å². The molecule has 0 saturated carbocycles. The van der Waals surface area contributed by atoms with Crippen LogP contribution in [0.5, 0.6) is 0 Å². The molecule has 0 spiro atoms. The summed E-state index contributed by atoms with van der Waals surface area (Å²) in [5, 5.41) is 0. The first-order valence-corrected chi connectivity index (χ1v) is 9.54. The first-order valence-electron chi connectivity index (χ1n) is 7.65. The SMILES string of the molecule is CC1(C)OC(c2ccc(S(C)(=O)=O)cc2)=C(c2ccccc2F)C1=O. The second kappa shape index (κ2) is 5.81. The van der Waals surface area contributed by atoms with Gasteiger partial charge in [0.1, 0.15) is 11.6 Å². The number of hydrogen-bond acceptors (Lipinski definition) is 4. The van der Waals surface area contributed by atoms with Crippen LogP contribution in [0.1, 0.15) is 25.0 Å². The second-order valence-corrected chi connectivity index (χ2v) is 8.44. The van der Waals surface area contributed by atoms with Crippen LogP contribution in [0.25, 0.3) is 11.3 Å². The molecule has 2 aromatic rings. The number of halogens is 1. The lowest BCUT2D eigenvalue weighted by Gasteiger charge is -2.17. The zero-order chi connectivity index (χ0) is 18.4. The van der Waals surface area contributed by atoms with Crippen LogP contribution < -0.4 is 0 Å². The van der Waals surface area contributed by atoms with Gasteiger partial charge in [-0.05, 0) is 44.2 Å². The Balaban J connectivity index is 2.19. The summed E-state index contributed by atoms with van der Waals surface area (Å²) in [6.45, 7) is 3.24. The Hall–Kier alpha value is -2.47. The van der Waals surface area contributed by atoms with E-state index >= 15 is 0 Å². The molecule has 4 nitrogen and oxygen atoms in total. The van der Waals surface area contributed by atoms with Gasteiger partial charge in [-0.25, -0.2) is 12.8 Å². The van der Waals surface area contributed by atoms with E-state index in [1.807, 2.05) is 0 Å². The zero-order valence-corrected chi connectivity index (χ0v) is 14.9. The van der Waals surface area contributed by atoms with Crippen molar-refractivity contribution in [2.45, 2.75) is 24.3 Å². The van der Waals surface area contributed by atoms with Gasteiger partial charge in [0.05, 0.1) is 10.5 Å². The normalized spacial score (nSPS) is 16.9. The van der Waals surface area contributed by atoms with E-state index < -0.39 is 21.3 Å². The molecule has 1 aliphatic rings. The lowest BCUT2D eigenvalue weighted by atomic mass is 9.92. The minimum Gasteiger partial charge on any atom is -0.478 e. The van der Waals surface area contributed by atoms with Gasteiger partial charge >= 0.3 is 0 Å². The highest BCUT2D eigenvalue weighted by Gasteiger charge is 2.43. The van der Waals surface area contributed by atoms with Crippen molar-refractivity contribution >= 4 is 27.0 Å². The summed E-state index contributed by atoms with van der Waals surface area (Å²) in [7, 11) is -3.33. The first-order chi connectivity index (χ1) is 11.6. The molecule has 0 aromatic heterocycles. The van der Waals surface area contributed by atoms with E-state index in [1.165, 1.54) is 24.3 Å². The molecule has 1 heterocycles. The monoisotopic (exact) mass is 360 g/mol. The number of benzene rings is 2. The first kappa shape index (κ1) is 17.4. The molecule has 0 unspecified atom stereocenters. The lowest BCUT2D eigenvalue weighted by Crippen LogP contribution is -2.29. The third kappa shape index (κ3) is 3.09. The predicted molar refractivity (Wildman–Crippen MR) is 92.9 cm³/mol. The number of ketones is 1. The van der Waals surface area contributed by atoms with Crippen LogP contribution in [-0.4, -0.2) is 26.1 Å². The Morgan fingerprint density at radius 2 is 1.60 bits per heavy atom. The largest absolute Gasteiger partial charge is 0.478 e. The van der Waals surface area contributed by atoms with Crippen LogP contribution in [-0.2, 0) is 19.4 Å². The van der Waals surface area contributed by atoms with Gasteiger partial charge in [-0.15, -0.1) is 0 Å². The fourth-order valence-electron chi connectivity index (χ4n) is 2.72. The number of carbonyl (C=O) groups excluding carboxylic acids is 1. The summed E-state index contributed by atoms with van der Waals surface area (Å²) in [6, 6.07) is 12.0. The highest BCUT2D eigenvalue weighted by Crippen LogP contribution is 2.41. The molecule has 0 N–H and O–H groups in total. The van der Waals surface area contributed by atoms with Crippen molar-refractivity contribution in [1.82, 2.24) is 0 Å². The maximum Gasteiger partial charge on any atom is 0.210 e. The van der Waals surface area contributed by atoms with E-state index in [0.717, 1.165) is 6.26 Å². The molecule has 0 amide bonds. The number of sulfone groups is 1. The van der Waals surface area contributed by atoms with E-state index in [1.54, 1.807) is 38.1 Å². The fourth-order valence-corrected chi connectivity index (χ4v) is 3.35. The zero-order valence-electron chi connectivity index (χ0n) is 14.0. The predicted octanol–water partition coefficient (Wildman–Crippen LogP) is 3.48. The van der Waals surface area contributed by atoms with E-state index in [2.05, 4.69) is 0 Å². The minimum absolute atomic E-state index is 0.160. The van der Waals surface area contributed by atoms with Gasteiger partial charge < -0.3 is 4.74 Å². The average Bonchev–Trinajstić information content (AvgIpc) is 2.78. The van der Waals surface area contributed by atoms with Crippen molar-refractivity contribution in [3.05, 3.63) is 65.5 Å². The molecule has 0 atom stereocenters. The van der Waals surface area contributed by atoms with E-state index in [4.69, 9.17) is 4.74 Å². The molecule has 3 rings (SSSR count). The summed E-state index contributed by atoms with van der Waals surface area (Å²) >= 11 is 0. The van der Waals surface area contributed by atoms with E-state index in [0.29, 0.717) is 5.56 Å². The number of rotatable bonds is 3. The van der Waals surface area contributed by atoms with Crippen molar-refractivity contribution in [3.63, 3.8) is 0 Å². The summed E-state index contributed by atoms with van der Waals surface area (Å²) in [4.78, 5) is 12.9. The third-order valence-corrected chi connectivity index (χ3v) is 5.17. The number of Topliss-reactive ketones (excluding diaryl/α,β-unsaturated/α-hetero) is 1. The van der Waals surface area contributed by atoms with Crippen LogP contribution in [0.2, 0.25) is 0 Å². The van der Waals surface area contributed by atoms with Crippen molar-refractivity contribution in [2.75, 3.05) is 6.26 Å². The highest BCUT2D eigenvalue weighted by molar-refractivity contribution is 7.90. The lowest BCUT2D eigenvalue weighted by molar-refractivity contribution is -0.125. The summed E-state index contributed by atoms with van der Waals surface area (Å²) in [6.07, 6.45) is 1.12. The number of carbonyl (C=O) groups is 1. The maximum absolute atomic E-state index is 14.3. The molecule has 0 bridgehead atoms. The molecule has 0 saturated heterocycles. The highest BCUT2D eigenvalue weighted by atomic mass is 32.2. The fraction of sp³-hybridized carbons (Fsp3) is 0.211. The van der Waals surface area contributed by atoms with Crippen LogP contribution in [0.4, 0.5) is 4.39 Å².